The first-order valence-corrected chi connectivity index (χ1v) is 6.26. The molecule has 0 N–H and O–H groups in total. The van der Waals surface area contributed by atoms with Crippen LogP contribution in [-0.2, 0) is 0 Å². The van der Waals surface area contributed by atoms with E-state index in [-0.39, 0.29) is 0 Å². The molecule has 2 aromatic rings. The van der Waals surface area contributed by atoms with E-state index in [1.165, 1.54) is 6.20 Å². The number of para-hydroxylation sites is 1. The van der Waals surface area contributed by atoms with Gasteiger partial charge in [-0.15, -0.1) is 0 Å². The van der Waals surface area contributed by atoms with Gasteiger partial charge in [0, 0.05) is 16.9 Å². The molecular weight excluding hydrogens is 294 g/mol. The second-order valence-electron chi connectivity index (χ2n) is 4.00. The Hall–Kier alpha value is -1.68. The standard InChI is InChI=1S/C14H12BrNO2/c1-9-4-3-5-10(2)13(9)18-14(17)11-6-12(15)8-16-7-11/h3-8H,1-2H3. The molecule has 0 aliphatic carbocycles. The van der Waals surface area contributed by atoms with Crippen LogP contribution in [0.2, 0.25) is 0 Å². The van der Waals surface area contributed by atoms with Gasteiger partial charge in [-0.1, -0.05) is 18.2 Å². The van der Waals surface area contributed by atoms with Gasteiger partial charge in [0.2, 0.25) is 0 Å². The van der Waals surface area contributed by atoms with Gasteiger partial charge in [-0.3, -0.25) is 4.98 Å². The quantitative estimate of drug-likeness (QED) is 0.627. The maximum atomic E-state index is 12.0. The van der Waals surface area contributed by atoms with E-state index in [1.807, 2.05) is 32.0 Å². The number of halogens is 1. The van der Waals surface area contributed by atoms with Crippen LogP contribution in [-0.4, -0.2) is 11.0 Å². The fourth-order valence-corrected chi connectivity index (χ4v) is 2.00. The molecule has 0 amide bonds. The third-order valence-electron chi connectivity index (χ3n) is 2.54. The minimum absolute atomic E-state index is 0.402. The number of benzene rings is 1. The lowest BCUT2D eigenvalue weighted by Crippen LogP contribution is -2.10. The van der Waals surface area contributed by atoms with Crippen LogP contribution in [0.1, 0.15) is 21.5 Å². The second-order valence-corrected chi connectivity index (χ2v) is 4.92. The maximum absolute atomic E-state index is 12.0. The molecule has 92 valence electrons. The van der Waals surface area contributed by atoms with E-state index in [4.69, 9.17) is 4.74 Å². The van der Waals surface area contributed by atoms with Crippen LogP contribution in [0, 0.1) is 13.8 Å². The average Bonchev–Trinajstić information content (AvgIpc) is 2.34. The lowest BCUT2D eigenvalue weighted by atomic mass is 10.1. The molecule has 0 atom stereocenters. The molecule has 0 bridgehead atoms. The molecule has 0 unspecified atom stereocenters. The van der Waals surface area contributed by atoms with E-state index in [0.29, 0.717) is 11.3 Å². The number of pyridine rings is 1. The van der Waals surface area contributed by atoms with E-state index >= 15 is 0 Å². The highest BCUT2D eigenvalue weighted by molar-refractivity contribution is 9.10. The molecule has 0 aliphatic heterocycles. The number of aryl methyl sites for hydroxylation is 2. The highest BCUT2D eigenvalue weighted by Gasteiger charge is 2.12. The largest absolute Gasteiger partial charge is 0.422 e. The van der Waals surface area contributed by atoms with Gasteiger partial charge in [-0.25, -0.2) is 4.79 Å². The number of carbonyl (C=O) groups is 1. The minimum Gasteiger partial charge on any atom is -0.422 e. The predicted molar refractivity (Wildman–Crippen MR) is 72.8 cm³/mol. The van der Waals surface area contributed by atoms with Crippen LogP contribution in [0.5, 0.6) is 5.75 Å². The SMILES string of the molecule is Cc1cccc(C)c1OC(=O)c1cncc(Br)c1. The topological polar surface area (TPSA) is 39.2 Å². The number of hydrogen-bond donors (Lipinski definition) is 0. The lowest BCUT2D eigenvalue weighted by Gasteiger charge is -2.10. The smallest absolute Gasteiger partial charge is 0.345 e. The van der Waals surface area contributed by atoms with Crippen molar-refractivity contribution < 1.29 is 9.53 Å². The molecule has 18 heavy (non-hydrogen) atoms. The number of rotatable bonds is 2. The number of hydrogen-bond acceptors (Lipinski definition) is 3. The summed E-state index contributed by atoms with van der Waals surface area (Å²) in [6, 6.07) is 7.44. The van der Waals surface area contributed by atoms with Crippen molar-refractivity contribution in [2.24, 2.45) is 0 Å². The van der Waals surface area contributed by atoms with Crippen molar-refractivity contribution in [2.75, 3.05) is 0 Å². The molecule has 0 radical (unpaired) electrons. The number of ether oxygens (including phenoxy) is 1. The first-order valence-electron chi connectivity index (χ1n) is 5.47. The first kappa shape index (κ1) is 12.8. The highest BCUT2D eigenvalue weighted by atomic mass is 79.9. The Bertz CT molecular complexity index is 576. The van der Waals surface area contributed by atoms with Crippen LogP contribution < -0.4 is 4.74 Å². The number of carbonyl (C=O) groups excluding carboxylic acids is 1. The summed E-state index contributed by atoms with van der Waals surface area (Å²) in [5.41, 5.74) is 2.30. The van der Waals surface area contributed by atoms with E-state index in [9.17, 15) is 4.79 Å². The molecule has 0 fully saturated rings. The summed E-state index contributed by atoms with van der Waals surface area (Å²) < 4.78 is 6.17. The molecule has 0 saturated carbocycles. The van der Waals surface area contributed by atoms with Crippen molar-refractivity contribution in [1.82, 2.24) is 4.98 Å². The fourth-order valence-electron chi connectivity index (χ4n) is 1.64. The van der Waals surface area contributed by atoms with Gasteiger partial charge in [0.15, 0.2) is 0 Å². The normalized spacial score (nSPS) is 10.2. The van der Waals surface area contributed by atoms with Gasteiger partial charge >= 0.3 is 5.97 Å². The summed E-state index contributed by atoms with van der Waals surface area (Å²) in [5, 5.41) is 0. The number of esters is 1. The van der Waals surface area contributed by atoms with Crippen molar-refractivity contribution in [3.8, 4) is 5.75 Å². The minimum atomic E-state index is -0.402. The summed E-state index contributed by atoms with van der Waals surface area (Å²) in [7, 11) is 0. The van der Waals surface area contributed by atoms with Crippen molar-refractivity contribution in [3.63, 3.8) is 0 Å². The fraction of sp³-hybridized carbons (Fsp3) is 0.143. The van der Waals surface area contributed by atoms with Gasteiger partial charge in [-0.2, -0.15) is 0 Å². The van der Waals surface area contributed by atoms with Gasteiger partial charge in [0.05, 0.1) is 5.56 Å². The summed E-state index contributed by atoms with van der Waals surface area (Å²) in [5.74, 6) is 0.212. The molecule has 0 saturated heterocycles. The Morgan fingerprint density at radius 1 is 1.22 bits per heavy atom. The third kappa shape index (κ3) is 2.76. The summed E-state index contributed by atoms with van der Waals surface area (Å²) in [6.45, 7) is 3.82. The van der Waals surface area contributed by atoms with Crippen LogP contribution in [0.15, 0.2) is 41.1 Å². The van der Waals surface area contributed by atoms with Crippen LogP contribution in [0.3, 0.4) is 0 Å². The molecule has 1 aromatic carbocycles. The summed E-state index contributed by atoms with van der Waals surface area (Å²) in [6.07, 6.45) is 3.11. The van der Waals surface area contributed by atoms with E-state index in [0.717, 1.165) is 15.6 Å². The Morgan fingerprint density at radius 2 is 1.89 bits per heavy atom. The number of nitrogens with zero attached hydrogens (tertiary/aromatic N) is 1. The second kappa shape index (κ2) is 5.31. The van der Waals surface area contributed by atoms with Gasteiger partial charge in [0.1, 0.15) is 5.75 Å². The van der Waals surface area contributed by atoms with E-state index in [2.05, 4.69) is 20.9 Å². The summed E-state index contributed by atoms with van der Waals surface area (Å²) >= 11 is 3.27. The van der Waals surface area contributed by atoms with Crippen molar-refractivity contribution in [3.05, 3.63) is 57.8 Å². The third-order valence-corrected chi connectivity index (χ3v) is 2.98. The zero-order valence-corrected chi connectivity index (χ0v) is 11.7. The Morgan fingerprint density at radius 3 is 2.50 bits per heavy atom. The molecule has 2 rings (SSSR count). The average molecular weight is 306 g/mol. The van der Waals surface area contributed by atoms with Crippen LogP contribution in [0.25, 0.3) is 0 Å². The lowest BCUT2D eigenvalue weighted by molar-refractivity contribution is 0.0732. The van der Waals surface area contributed by atoms with Gasteiger partial charge in [-0.05, 0) is 47.0 Å². The predicted octanol–water partition coefficient (Wildman–Crippen LogP) is 3.68. The molecule has 0 spiro atoms. The molecule has 1 aromatic heterocycles. The number of aromatic nitrogens is 1. The monoisotopic (exact) mass is 305 g/mol. The van der Waals surface area contributed by atoms with Gasteiger partial charge < -0.3 is 4.74 Å². The first-order chi connectivity index (χ1) is 8.58. The van der Waals surface area contributed by atoms with Crippen molar-refractivity contribution in [2.45, 2.75) is 13.8 Å². The summed E-state index contributed by atoms with van der Waals surface area (Å²) in [4.78, 5) is 15.9. The van der Waals surface area contributed by atoms with Crippen LogP contribution >= 0.6 is 15.9 Å². The highest BCUT2D eigenvalue weighted by Crippen LogP contribution is 2.23. The molecular formula is C14H12BrNO2. The molecule has 1 heterocycles. The molecule has 4 heteroatoms. The van der Waals surface area contributed by atoms with Crippen molar-refractivity contribution in [1.29, 1.82) is 0 Å². The van der Waals surface area contributed by atoms with Crippen LogP contribution in [0.4, 0.5) is 0 Å². The zero-order chi connectivity index (χ0) is 13.1. The zero-order valence-electron chi connectivity index (χ0n) is 10.1. The van der Waals surface area contributed by atoms with Gasteiger partial charge in [0.25, 0.3) is 0 Å². The maximum Gasteiger partial charge on any atom is 0.345 e. The molecule has 3 nitrogen and oxygen atoms in total. The van der Waals surface area contributed by atoms with Crippen molar-refractivity contribution >= 4 is 21.9 Å². The Kier molecular flexibility index (Phi) is 3.77. The molecule has 0 aliphatic rings. The Labute approximate surface area is 114 Å². The van der Waals surface area contributed by atoms with E-state index in [1.54, 1.807) is 12.3 Å². The Balaban J connectivity index is 2.27. The van der Waals surface area contributed by atoms with E-state index < -0.39 is 5.97 Å².